The number of aromatic nitrogens is 3. The zero-order valence-corrected chi connectivity index (χ0v) is 12.6. The molecule has 0 saturated carbocycles. The smallest absolute Gasteiger partial charge is 0.243 e. The van der Waals surface area contributed by atoms with Gasteiger partial charge in [-0.2, -0.15) is 15.0 Å². The van der Waals surface area contributed by atoms with Crippen LogP contribution in [0.2, 0.25) is 0 Å². The molecular weight excluding hydrogens is 254 g/mol. The molecule has 0 aliphatic carbocycles. The molecule has 7 nitrogen and oxygen atoms in total. The molecule has 0 aromatic carbocycles. The van der Waals surface area contributed by atoms with Crippen LogP contribution in [0.3, 0.4) is 0 Å². The minimum Gasteiger partial charge on any atom is -0.351 e. The molecule has 2 rings (SSSR count). The first-order valence-electron chi connectivity index (χ1n) is 7.38. The van der Waals surface area contributed by atoms with Gasteiger partial charge in [-0.1, -0.05) is 20.3 Å². The zero-order chi connectivity index (χ0) is 14.5. The molecule has 0 amide bonds. The lowest BCUT2D eigenvalue weighted by Crippen LogP contribution is -2.27. The average molecular weight is 279 g/mol. The summed E-state index contributed by atoms with van der Waals surface area (Å²) in [6.45, 7) is 8.52. The molecule has 2 unspecified atom stereocenters. The van der Waals surface area contributed by atoms with Gasteiger partial charge in [0.15, 0.2) is 0 Å². The molecule has 0 radical (unpaired) electrons. The summed E-state index contributed by atoms with van der Waals surface area (Å²) in [5.74, 6) is 7.69. The van der Waals surface area contributed by atoms with Gasteiger partial charge >= 0.3 is 0 Å². The molecule has 1 saturated heterocycles. The van der Waals surface area contributed by atoms with Gasteiger partial charge in [-0.25, -0.2) is 5.84 Å². The van der Waals surface area contributed by atoms with E-state index < -0.39 is 0 Å². The Kier molecular flexibility index (Phi) is 4.94. The van der Waals surface area contributed by atoms with Crippen molar-refractivity contribution in [3.63, 3.8) is 0 Å². The minimum absolute atomic E-state index is 0.305. The highest BCUT2D eigenvalue weighted by molar-refractivity contribution is 5.44. The molecule has 7 heteroatoms. The fraction of sp³-hybridized carbons (Fsp3) is 0.769. The number of rotatable bonds is 6. The number of anilines is 3. The van der Waals surface area contributed by atoms with Crippen molar-refractivity contribution in [3.05, 3.63) is 0 Å². The molecular formula is C13H25N7. The van der Waals surface area contributed by atoms with E-state index >= 15 is 0 Å². The number of hydrogen-bond acceptors (Lipinski definition) is 7. The Morgan fingerprint density at radius 2 is 1.80 bits per heavy atom. The minimum atomic E-state index is 0.305. The third-order valence-electron chi connectivity index (χ3n) is 4.00. The molecule has 1 aliphatic heterocycles. The van der Waals surface area contributed by atoms with Crippen LogP contribution in [-0.2, 0) is 0 Å². The predicted molar refractivity (Wildman–Crippen MR) is 81.6 cm³/mol. The molecule has 1 aromatic rings. The van der Waals surface area contributed by atoms with Crippen molar-refractivity contribution in [3.8, 4) is 0 Å². The van der Waals surface area contributed by atoms with Crippen molar-refractivity contribution in [2.45, 2.75) is 46.1 Å². The van der Waals surface area contributed by atoms with E-state index in [-0.39, 0.29) is 0 Å². The quantitative estimate of drug-likeness (QED) is 0.538. The highest BCUT2D eigenvalue weighted by Gasteiger charge is 2.18. The topological polar surface area (TPSA) is 92.0 Å². The lowest BCUT2D eigenvalue weighted by molar-refractivity contribution is 0.492. The largest absolute Gasteiger partial charge is 0.351 e. The van der Waals surface area contributed by atoms with E-state index in [2.05, 4.69) is 51.4 Å². The van der Waals surface area contributed by atoms with Crippen LogP contribution in [0, 0.1) is 5.92 Å². The van der Waals surface area contributed by atoms with Crippen LogP contribution < -0.4 is 21.5 Å². The van der Waals surface area contributed by atoms with E-state index in [1.165, 1.54) is 12.8 Å². The third kappa shape index (κ3) is 3.47. The molecule has 0 spiro atoms. The van der Waals surface area contributed by atoms with E-state index in [9.17, 15) is 0 Å². The Hall–Kier alpha value is -1.63. The average Bonchev–Trinajstić information content (AvgIpc) is 3.00. The first-order chi connectivity index (χ1) is 9.63. The first kappa shape index (κ1) is 14.8. The number of nitrogens with two attached hydrogens (primary N) is 1. The van der Waals surface area contributed by atoms with Gasteiger partial charge in [-0.3, -0.25) is 5.43 Å². The number of nitrogens with one attached hydrogen (secondary N) is 2. The summed E-state index contributed by atoms with van der Waals surface area (Å²) in [5.41, 5.74) is 2.52. The second kappa shape index (κ2) is 6.69. The van der Waals surface area contributed by atoms with Crippen LogP contribution in [0.5, 0.6) is 0 Å². The van der Waals surface area contributed by atoms with Crippen molar-refractivity contribution in [1.29, 1.82) is 0 Å². The Labute approximate surface area is 120 Å². The molecule has 1 aromatic heterocycles. The fourth-order valence-corrected chi connectivity index (χ4v) is 2.25. The van der Waals surface area contributed by atoms with E-state index in [0.717, 1.165) is 19.5 Å². The molecule has 2 atom stereocenters. The third-order valence-corrected chi connectivity index (χ3v) is 4.00. The molecule has 2 heterocycles. The van der Waals surface area contributed by atoms with Gasteiger partial charge < -0.3 is 10.2 Å². The summed E-state index contributed by atoms with van der Waals surface area (Å²) in [7, 11) is 0. The van der Waals surface area contributed by atoms with E-state index in [1.807, 2.05) is 0 Å². The summed E-state index contributed by atoms with van der Waals surface area (Å²) in [5, 5.41) is 3.35. The molecule has 1 fully saturated rings. The maximum atomic E-state index is 5.45. The van der Waals surface area contributed by atoms with E-state index in [4.69, 9.17) is 5.84 Å². The van der Waals surface area contributed by atoms with Gasteiger partial charge in [0.2, 0.25) is 17.8 Å². The van der Waals surface area contributed by atoms with Crippen LogP contribution in [0.15, 0.2) is 0 Å². The second-order valence-electron chi connectivity index (χ2n) is 5.44. The Morgan fingerprint density at radius 3 is 2.40 bits per heavy atom. The Bertz CT molecular complexity index is 431. The summed E-state index contributed by atoms with van der Waals surface area (Å²) < 4.78 is 0. The zero-order valence-electron chi connectivity index (χ0n) is 12.6. The fourth-order valence-electron chi connectivity index (χ4n) is 2.25. The van der Waals surface area contributed by atoms with Crippen molar-refractivity contribution in [2.75, 3.05) is 28.7 Å². The SMILES string of the molecule is CCC(C)C(C)Nc1nc(NN)nc(N2CCCC2)n1. The van der Waals surface area contributed by atoms with E-state index in [0.29, 0.717) is 29.8 Å². The summed E-state index contributed by atoms with van der Waals surface area (Å²) >= 11 is 0. The van der Waals surface area contributed by atoms with Gasteiger partial charge in [0.25, 0.3) is 0 Å². The van der Waals surface area contributed by atoms with Crippen LogP contribution in [-0.4, -0.2) is 34.1 Å². The number of nitrogens with zero attached hydrogens (tertiary/aromatic N) is 4. The normalized spacial score (nSPS) is 17.9. The van der Waals surface area contributed by atoms with Crippen LogP contribution in [0.1, 0.15) is 40.0 Å². The van der Waals surface area contributed by atoms with E-state index in [1.54, 1.807) is 0 Å². The molecule has 112 valence electrons. The Morgan fingerprint density at radius 1 is 1.15 bits per heavy atom. The van der Waals surface area contributed by atoms with Gasteiger partial charge in [-0.05, 0) is 25.7 Å². The van der Waals surface area contributed by atoms with Crippen molar-refractivity contribution in [1.82, 2.24) is 15.0 Å². The highest BCUT2D eigenvalue weighted by Crippen LogP contribution is 2.19. The summed E-state index contributed by atoms with van der Waals surface area (Å²) in [6.07, 6.45) is 3.48. The first-order valence-corrected chi connectivity index (χ1v) is 7.38. The Balaban J connectivity index is 2.17. The molecule has 1 aliphatic rings. The molecule has 0 bridgehead atoms. The number of hydrogen-bond donors (Lipinski definition) is 3. The van der Waals surface area contributed by atoms with Gasteiger partial charge in [0, 0.05) is 19.1 Å². The van der Waals surface area contributed by atoms with Crippen molar-refractivity contribution < 1.29 is 0 Å². The lowest BCUT2D eigenvalue weighted by atomic mass is 10.0. The highest BCUT2D eigenvalue weighted by atomic mass is 15.4. The van der Waals surface area contributed by atoms with Gasteiger partial charge in [0.05, 0.1) is 0 Å². The van der Waals surface area contributed by atoms with Gasteiger partial charge in [-0.15, -0.1) is 0 Å². The van der Waals surface area contributed by atoms with Gasteiger partial charge in [0.1, 0.15) is 0 Å². The summed E-state index contributed by atoms with van der Waals surface area (Å²) in [6, 6.07) is 0.305. The molecule has 4 N–H and O–H groups in total. The lowest BCUT2D eigenvalue weighted by Gasteiger charge is -2.21. The van der Waals surface area contributed by atoms with Crippen molar-refractivity contribution in [2.24, 2.45) is 11.8 Å². The second-order valence-corrected chi connectivity index (χ2v) is 5.44. The maximum Gasteiger partial charge on any atom is 0.243 e. The number of hydrazine groups is 1. The van der Waals surface area contributed by atoms with Crippen LogP contribution in [0.25, 0.3) is 0 Å². The van der Waals surface area contributed by atoms with Crippen LogP contribution in [0.4, 0.5) is 17.8 Å². The predicted octanol–water partition coefficient (Wildman–Crippen LogP) is 1.60. The summed E-state index contributed by atoms with van der Waals surface area (Å²) in [4.78, 5) is 15.3. The van der Waals surface area contributed by atoms with Crippen molar-refractivity contribution >= 4 is 17.8 Å². The molecule has 20 heavy (non-hydrogen) atoms. The van der Waals surface area contributed by atoms with Crippen LogP contribution >= 0.6 is 0 Å². The monoisotopic (exact) mass is 279 g/mol. The standard InChI is InChI=1S/C13H25N7/c1-4-9(2)10(3)15-11-16-12(19-14)18-13(17-11)20-7-5-6-8-20/h9-10H,4-8,14H2,1-3H3,(H2,15,16,17,18,19). The number of nitrogen functional groups attached to an aromatic ring is 1. The maximum absolute atomic E-state index is 5.45.